The zero-order chi connectivity index (χ0) is 43.6. The van der Waals surface area contributed by atoms with Crippen molar-refractivity contribution in [3.8, 4) is 55.8 Å². The van der Waals surface area contributed by atoms with Gasteiger partial charge in [-0.1, -0.05) is 155 Å². The minimum atomic E-state index is -0.115. The number of nitrogens with zero attached hydrogens (tertiary/aromatic N) is 3. The Bertz CT molecular complexity index is 3590. The van der Waals surface area contributed by atoms with Crippen molar-refractivity contribution in [3.05, 3.63) is 223 Å². The molecule has 9 aromatic carbocycles. The van der Waals surface area contributed by atoms with Crippen LogP contribution in [0, 0.1) is 0 Å². The molecule has 0 saturated carbocycles. The van der Waals surface area contributed by atoms with Gasteiger partial charge in [0, 0.05) is 57.6 Å². The minimum absolute atomic E-state index is 0.115. The van der Waals surface area contributed by atoms with Crippen LogP contribution in [-0.4, -0.2) is 9.97 Å². The lowest BCUT2D eigenvalue weighted by molar-refractivity contribution is 0.660. The Balaban J connectivity index is 0.927. The topological polar surface area (TPSA) is 29.0 Å². The number of anilines is 3. The van der Waals surface area contributed by atoms with Crippen LogP contribution in [0.1, 0.15) is 49.9 Å². The van der Waals surface area contributed by atoms with Crippen LogP contribution < -0.4 is 4.90 Å². The van der Waals surface area contributed by atoms with Crippen molar-refractivity contribution in [3.63, 3.8) is 0 Å². The van der Waals surface area contributed by atoms with Crippen molar-refractivity contribution >= 4 is 49.4 Å². The van der Waals surface area contributed by atoms with Crippen LogP contribution in [0.4, 0.5) is 17.1 Å². The van der Waals surface area contributed by atoms with Crippen LogP contribution in [-0.2, 0) is 10.8 Å². The van der Waals surface area contributed by atoms with Gasteiger partial charge in [-0.25, -0.2) is 0 Å². The molecule has 0 aliphatic heterocycles. The minimum Gasteiger partial charge on any atom is -0.310 e. The molecule has 0 N–H and O–H groups in total. The highest BCUT2D eigenvalue weighted by Crippen LogP contribution is 2.53. The molecule has 2 heterocycles. The van der Waals surface area contributed by atoms with Gasteiger partial charge in [0.15, 0.2) is 0 Å². The molecule has 0 saturated heterocycles. The van der Waals surface area contributed by atoms with Gasteiger partial charge in [-0.05, 0) is 148 Å². The lowest BCUT2D eigenvalue weighted by atomic mass is 9.82. The maximum Gasteiger partial charge on any atom is 0.0708 e. The van der Waals surface area contributed by atoms with Crippen molar-refractivity contribution in [1.82, 2.24) is 9.97 Å². The van der Waals surface area contributed by atoms with Gasteiger partial charge in [-0.3, -0.25) is 9.97 Å². The molecule has 0 radical (unpaired) electrons. The summed E-state index contributed by atoms with van der Waals surface area (Å²) in [6.07, 6.45) is 5.62. The Kier molecular flexibility index (Phi) is 8.00. The Labute approximate surface area is 379 Å². The largest absolute Gasteiger partial charge is 0.310 e. The lowest BCUT2D eigenvalue weighted by Crippen LogP contribution is -2.18. The van der Waals surface area contributed by atoms with E-state index in [1.165, 1.54) is 88.0 Å². The SMILES string of the molecule is CC1(C)c2ccccc2-c2ccc(N(c3ccc(-c4ccc5ccc6c(-c7ccc(-c8ccncc8)cn7)ccc7ccc4c5c76)cc3)c3ccc4c(c3)C(C)(C)c3ccccc3-4)cc21. The summed E-state index contributed by atoms with van der Waals surface area (Å²) in [5.41, 5.74) is 20.7. The molecular weight excluding hydrogens is 787 g/mol. The van der Waals surface area contributed by atoms with E-state index in [9.17, 15) is 0 Å². The van der Waals surface area contributed by atoms with E-state index in [2.05, 4.69) is 207 Å². The number of hydrogen-bond acceptors (Lipinski definition) is 3. The van der Waals surface area contributed by atoms with Crippen molar-refractivity contribution in [2.75, 3.05) is 4.90 Å². The molecule has 0 bridgehead atoms. The Morgan fingerprint density at radius 1 is 0.369 bits per heavy atom. The fourth-order valence-corrected chi connectivity index (χ4v) is 11.4. The lowest BCUT2D eigenvalue weighted by Gasteiger charge is -2.30. The summed E-state index contributed by atoms with van der Waals surface area (Å²) >= 11 is 0. The predicted octanol–water partition coefficient (Wildman–Crippen LogP) is 16.5. The summed E-state index contributed by atoms with van der Waals surface area (Å²) in [5.74, 6) is 0. The number of hydrogen-bond donors (Lipinski definition) is 0. The van der Waals surface area contributed by atoms with Crippen LogP contribution in [0.3, 0.4) is 0 Å². The van der Waals surface area contributed by atoms with Crippen LogP contribution in [0.2, 0.25) is 0 Å². The zero-order valence-electron chi connectivity index (χ0n) is 36.9. The van der Waals surface area contributed by atoms with Gasteiger partial charge in [-0.15, -0.1) is 0 Å². The molecule has 0 unspecified atom stereocenters. The third kappa shape index (κ3) is 5.55. The number of rotatable bonds is 6. The molecule has 65 heavy (non-hydrogen) atoms. The average molecular weight is 832 g/mol. The molecule has 0 fully saturated rings. The summed E-state index contributed by atoms with van der Waals surface area (Å²) in [4.78, 5) is 11.6. The van der Waals surface area contributed by atoms with Gasteiger partial charge in [0.2, 0.25) is 0 Å². The van der Waals surface area contributed by atoms with Gasteiger partial charge < -0.3 is 4.90 Å². The van der Waals surface area contributed by atoms with E-state index in [4.69, 9.17) is 4.98 Å². The first kappa shape index (κ1) is 37.7. The fraction of sp³-hybridized carbons (Fsp3) is 0.0968. The van der Waals surface area contributed by atoms with E-state index < -0.39 is 0 Å². The Hall–Kier alpha value is -7.88. The molecule has 13 rings (SSSR count). The van der Waals surface area contributed by atoms with E-state index in [-0.39, 0.29) is 10.8 Å². The highest BCUT2D eigenvalue weighted by molar-refractivity contribution is 6.27. The number of benzene rings is 9. The summed E-state index contributed by atoms with van der Waals surface area (Å²) in [7, 11) is 0. The average Bonchev–Trinajstić information content (AvgIpc) is 3.72. The van der Waals surface area contributed by atoms with Crippen LogP contribution in [0.5, 0.6) is 0 Å². The first-order chi connectivity index (χ1) is 31.7. The van der Waals surface area contributed by atoms with Crippen LogP contribution >= 0.6 is 0 Å². The van der Waals surface area contributed by atoms with Gasteiger partial charge in [0.1, 0.15) is 0 Å². The van der Waals surface area contributed by atoms with Gasteiger partial charge in [0.05, 0.1) is 5.69 Å². The normalized spacial score (nSPS) is 14.1. The van der Waals surface area contributed by atoms with Gasteiger partial charge >= 0.3 is 0 Å². The number of fused-ring (bicyclic) bond motifs is 6. The van der Waals surface area contributed by atoms with Crippen molar-refractivity contribution in [2.24, 2.45) is 0 Å². The smallest absolute Gasteiger partial charge is 0.0708 e. The quantitative estimate of drug-likeness (QED) is 0.156. The zero-order valence-corrected chi connectivity index (χ0v) is 36.9. The first-order valence-electron chi connectivity index (χ1n) is 22.7. The van der Waals surface area contributed by atoms with Gasteiger partial charge in [-0.2, -0.15) is 0 Å². The standard InChI is InChI=1S/C62H45N3/c1-61(2)54-11-7-5-9-47(54)49-28-22-44(35-56(49)61)65(45-23-29-50-48-10-6-8-12-55(48)62(3,4)57(50)36-45)43-20-13-39(14-21-43)46-24-15-40-18-27-53-51(25-16-41-17-26-52(46)59(40)60(41)53)58-30-19-42(37-64-58)38-31-33-63-34-32-38/h5-37H,1-4H3. The molecule has 3 nitrogen and oxygen atoms in total. The highest BCUT2D eigenvalue weighted by Gasteiger charge is 2.37. The van der Waals surface area contributed by atoms with Crippen molar-refractivity contribution < 1.29 is 0 Å². The summed E-state index contributed by atoms with van der Waals surface area (Å²) < 4.78 is 0. The summed E-state index contributed by atoms with van der Waals surface area (Å²) in [6.45, 7) is 9.47. The van der Waals surface area contributed by atoms with Crippen molar-refractivity contribution in [2.45, 2.75) is 38.5 Å². The molecule has 2 aromatic heterocycles. The first-order valence-corrected chi connectivity index (χ1v) is 22.7. The molecule has 2 aliphatic carbocycles. The highest BCUT2D eigenvalue weighted by atomic mass is 15.1. The van der Waals surface area contributed by atoms with Crippen LogP contribution in [0.25, 0.3) is 88.1 Å². The molecule has 308 valence electrons. The molecule has 3 heteroatoms. The molecular formula is C62H45N3. The maximum atomic E-state index is 4.98. The fourth-order valence-electron chi connectivity index (χ4n) is 11.4. The number of aromatic nitrogens is 2. The Morgan fingerprint density at radius 2 is 0.846 bits per heavy atom. The second-order valence-corrected chi connectivity index (χ2v) is 19.0. The monoisotopic (exact) mass is 831 g/mol. The number of pyridine rings is 2. The molecule has 11 aromatic rings. The van der Waals surface area contributed by atoms with E-state index in [0.717, 1.165) is 39.4 Å². The summed E-state index contributed by atoms with van der Waals surface area (Å²) in [5, 5.41) is 7.52. The molecule has 0 spiro atoms. The van der Waals surface area contributed by atoms with Crippen LogP contribution in [0.15, 0.2) is 201 Å². The maximum absolute atomic E-state index is 4.98. The molecule has 0 atom stereocenters. The van der Waals surface area contributed by atoms with E-state index in [0.29, 0.717) is 0 Å². The third-order valence-corrected chi connectivity index (χ3v) is 14.8. The molecule has 2 aliphatic rings. The second kappa shape index (κ2) is 13.8. The third-order valence-electron chi connectivity index (χ3n) is 14.8. The Morgan fingerprint density at radius 3 is 1.42 bits per heavy atom. The predicted molar refractivity (Wildman–Crippen MR) is 272 cm³/mol. The van der Waals surface area contributed by atoms with E-state index >= 15 is 0 Å². The van der Waals surface area contributed by atoms with E-state index in [1.807, 2.05) is 30.7 Å². The summed E-state index contributed by atoms with van der Waals surface area (Å²) in [6, 6.07) is 67.8. The van der Waals surface area contributed by atoms with Gasteiger partial charge in [0.25, 0.3) is 0 Å². The molecule has 0 amide bonds. The van der Waals surface area contributed by atoms with Crippen molar-refractivity contribution in [1.29, 1.82) is 0 Å². The second-order valence-electron chi connectivity index (χ2n) is 19.0. The van der Waals surface area contributed by atoms with E-state index in [1.54, 1.807) is 0 Å².